The Kier molecular flexibility index (Phi) is 4.55. The molecule has 0 saturated carbocycles. The van der Waals surface area contributed by atoms with E-state index in [-0.39, 0.29) is 0 Å². The lowest BCUT2D eigenvalue weighted by molar-refractivity contribution is -0.856. The second-order valence-corrected chi connectivity index (χ2v) is 5.52. The first kappa shape index (κ1) is 13.3. The molecule has 4 heteroatoms. The minimum Gasteiger partial charge on any atom is -0.357 e. The van der Waals surface area contributed by atoms with Gasteiger partial charge in [-0.25, -0.2) is 0 Å². The minimum absolute atomic E-state index is 0.894. The normalized spacial score (nSPS) is 14.5. The number of rotatable bonds is 3. The van der Waals surface area contributed by atoms with Crippen molar-refractivity contribution in [3.63, 3.8) is 0 Å². The molecular formula is C14H22N3S+. The summed E-state index contributed by atoms with van der Waals surface area (Å²) in [4.78, 5) is 3.71. The maximum Gasteiger partial charge on any atom is 0.169 e. The van der Waals surface area contributed by atoms with Crippen LogP contribution in [0.2, 0.25) is 0 Å². The fraction of sp³-hybridized carbons (Fsp3) is 0.500. The molecule has 1 aliphatic heterocycles. The van der Waals surface area contributed by atoms with Crippen LogP contribution in [0.15, 0.2) is 24.3 Å². The fourth-order valence-corrected chi connectivity index (χ4v) is 2.46. The van der Waals surface area contributed by atoms with Gasteiger partial charge >= 0.3 is 0 Å². The molecule has 1 heterocycles. The molecule has 0 atom stereocenters. The van der Waals surface area contributed by atoms with Crippen LogP contribution in [0.3, 0.4) is 0 Å². The monoisotopic (exact) mass is 264 g/mol. The first-order valence-corrected chi connectivity index (χ1v) is 6.96. The molecule has 1 aromatic carbocycles. The van der Waals surface area contributed by atoms with E-state index in [0.29, 0.717) is 0 Å². The van der Waals surface area contributed by atoms with Crippen molar-refractivity contribution in [3.8, 4) is 0 Å². The summed E-state index contributed by atoms with van der Waals surface area (Å²) in [5, 5.41) is 4.25. The highest BCUT2D eigenvalue weighted by Crippen LogP contribution is 2.18. The number of thiocarbonyl (C=S) groups is 1. The van der Waals surface area contributed by atoms with Crippen molar-refractivity contribution < 1.29 is 4.90 Å². The van der Waals surface area contributed by atoms with Crippen LogP contribution in [0.5, 0.6) is 0 Å². The van der Waals surface area contributed by atoms with Gasteiger partial charge in [0, 0.05) is 13.1 Å². The van der Waals surface area contributed by atoms with E-state index in [9.17, 15) is 0 Å². The molecule has 3 nitrogen and oxygen atoms in total. The molecule has 2 N–H and O–H groups in total. The summed E-state index contributed by atoms with van der Waals surface area (Å²) in [5.41, 5.74) is 2.88. The van der Waals surface area contributed by atoms with E-state index in [1.165, 1.54) is 16.0 Å². The average Bonchev–Trinajstić information content (AvgIpc) is 2.37. The zero-order valence-corrected chi connectivity index (χ0v) is 12.0. The molecule has 0 spiro atoms. The molecule has 0 saturated heterocycles. The zero-order chi connectivity index (χ0) is 13.0. The van der Waals surface area contributed by atoms with Gasteiger partial charge in [-0.15, -0.1) is 0 Å². The number of likely N-dealkylation sites (N-methyl/N-ethyl adjacent to an activating group) is 1. The number of nitrogens with one attached hydrogen (secondary N) is 2. The molecule has 98 valence electrons. The lowest BCUT2D eigenvalue weighted by Gasteiger charge is -2.31. The number of hydrogen-bond acceptors (Lipinski definition) is 1. The lowest BCUT2D eigenvalue weighted by atomic mass is 10.0. The smallest absolute Gasteiger partial charge is 0.169 e. The molecule has 0 amide bonds. The molecule has 0 bridgehead atoms. The lowest BCUT2D eigenvalue weighted by Crippen LogP contribution is -3.06. The van der Waals surface area contributed by atoms with E-state index in [2.05, 4.69) is 48.6 Å². The molecule has 2 rings (SSSR count). The average molecular weight is 264 g/mol. The summed E-state index contributed by atoms with van der Waals surface area (Å²) in [7, 11) is 4.31. The Morgan fingerprint density at radius 3 is 2.78 bits per heavy atom. The van der Waals surface area contributed by atoms with Gasteiger partial charge in [-0.1, -0.05) is 24.3 Å². The van der Waals surface area contributed by atoms with Crippen LogP contribution in [0.4, 0.5) is 0 Å². The van der Waals surface area contributed by atoms with Gasteiger partial charge in [-0.2, -0.15) is 0 Å². The van der Waals surface area contributed by atoms with Crippen LogP contribution in [0.25, 0.3) is 0 Å². The Bertz CT molecular complexity index is 417. The van der Waals surface area contributed by atoms with E-state index in [0.717, 1.165) is 37.7 Å². The van der Waals surface area contributed by atoms with E-state index in [4.69, 9.17) is 12.2 Å². The minimum atomic E-state index is 0.894. The van der Waals surface area contributed by atoms with Gasteiger partial charge in [0.1, 0.15) is 0 Å². The van der Waals surface area contributed by atoms with Gasteiger partial charge in [-0.3, -0.25) is 0 Å². The van der Waals surface area contributed by atoms with Gasteiger partial charge < -0.3 is 15.1 Å². The predicted octanol–water partition coefficient (Wildman–Crippen LogP) is 0.0637. The first-order valence-electron chi connectivity index (χ1n) is 6.55. The highest BCUT2D eigenvalue weighted by atomic mass is 32.1. The molecule has 1 aromatic rings. The quantitative estimate of drug-likeness (QED) is 0.754. The third-order valence-corrected chi connectivity index (χ3v) is 3.72. The molecular weight excluding hydrogens is 242 g/mol. The molecule has 0 aliphatic carbocycles. The highest BCUT2D eigenvalue weighted by molar-refractivity contribution is 7.80. The van der Waals surface area contributed by atoms with E-state index >= 15 is 0 Å². The van der Waals surface area contributed by atoms with Crippen LogP contribution >= 0.6 is 12.2 Å². The SMILES string of the molecule is C[NH+](C)CCNC(=S)N1CCc2ccccc2C1. The Morgan fingerprint density at radius 2 is 2.06 bits per heavy atom. The maximum absolute atomic E-state index is 5.46. The van der Waals surface area contributed by atoms with Crippen LogP contribution in [-0.2, 0) is 13.0 Å². The van der Waals surface area contributed by atoms with E-state index in [1.54, 1.807) is 0 Å². The second-order valence-electron chi connectivity index (χ2n) is 5.13. The molecule has 0 radical (unpaired) electrons. The number of nitrogens with zero attached hydrogens (tertiary/aromatic N) is 1. The van der Waals surface area contributed by atoms with Gasteiger partial charge in [0.25, 0.3) is 0 Å². The number of quaternary nitrogens is 1. The molecule has 0 aromatic heterocycles. The fourth-order valence-electron chi connectivity index (χ4n) is 2.20. The number of fused-ring (bicyclic) bond motifs is 1. The zero-order valence-electron chi connectivity index (χ0n) is 11.2. The van der Waals surface area contributed by atoms with Crippen LogP contribution in [0.1, 0.15) is 11.1 Å². The summed E-state index contributed by atoms with van der Waals surface area (Å²) in [5.74, 6) is 0. The van der Waals surface area contributed by atoms with E-state index < -0.39 is 0 Å². The standard InChI is InChI=1S/C14H21N3S/c1-16(2)10-8-15-14(18)17-9-7-12-5-3-4-6-13(12)11-17/h3-6H,7-11H2,1-2H3,(H,15,18)/p+1. The van der Waals surface area contributed by atoms with Gasteiger partial charge in [0.2, 0.25) is 0 Å². The Hall–Kier alpha value is -1.13. The highest BCUT2D eigenvalue weighted by Gasteiger charge is 2.17. The Labute approximate surface area is 115 Å². The Morgan fingerprint density at radius 1 is 1.33 bits per heavy atom. The van der Waals surface area contributed by atoms with Crippen molar-refractivity contribution in [2.24, 2.45) is 0 Å². The van der Waals surface area contributed by atoms with Crippen molar-refractivity contribution in [3.05, 3.63) is 35.4 Å². The summed E-state index contributed by atoms with van der Waals surface area (Å²) < 4.78 is 0. The maximum atomic E-state index is 5.46. The summed E-state index contributed by atoms with van der Waals surface area (Å²) >= 11 is 5.46. The number of benzene rings is 1. The third-order valence-electron chi connectivity index (χ3n) is 3.32. The van der Waals surface area contributed by atoms with Crippen molar-refractivity contribution in [1.29, 1.82) is 0 Å². The van der Waals surface area contributed by atoms with Crippen molar-refractivity contribution >= 4 is 17.3 Å². The van der Waals surface area contributed by atoms with Crippen LogP contribution in [-0.4, -0.2) is 43.7 Å². The van der Waals surface area contributed by atoms with Gasteiger partial charge in [0.05, 0.1) is 27.2 Å². The largest absolute Gasteiger partial charge is 0.357 e. The second kappa shape index (κ2) is 6.16. The molecule has 0 fully saturated rings. The topological polar surface area (TPSA) is 19.7 Å². The van der Waals surface area contributed by atoms with Crippen LogP contribution < -0.4 is 10.2 Å². The summed E-state index contributed by atoms with van der Waals surface area (Å²) in [6, 6.07) is 8.64. The predicted molar refractivity (Wildman–Crippen MR) is 78.8 cm³/mol. The van der Waals surface area contributed by atoms with Gasteiger partial charge in [-0.05, 0) is 29.8 Å². The first-order chi connectivity index (χ1) is 8.66. The van der Waals surface area contributed by atoms with Crippen molar-refractivity contribution in [2.45, 2.75) is 13.0 Å². The molecule has 18 heavy (non-hydrogen) atoms. The van der Waals surface area contributed by atoms with Crippen molar-refractivity contribution in [1.82, 2.24) is 10.2 Å². The molecule has 0 unspecified atom stereocenters. The summed E-state index contributed by atoms with van der Waals surface area (Å²) in [6.07, 6.45) is 1.09. The third kappa shape index (κ3) is 3.43. The molecule has 1 aliphatic rings. The number of hydrogen-bond donors (Lipinski definition) is 2. The van der Waals surface area contributed by atoms with Crippen LogP contribution in [0, 0.1) is 0 Å². The van der Waals surface area contributed by atoms with Crippen molar-refractivity contribution in [2.75, 3.05) is 33.7 Å². The van der Waals surface area contributed by atoms with E-state index in [1.807, 2.05) is 0 Å². The summed E-state index contributed by atoms with van der Waals surface area (Å²) in [6.45, 7) is 4.00. The Balaban J connectivity index is 1.87. The van der Waals surface area contributed by atoms with Gasteiger partial charge in [0.15, 0.2) is 5.11 Å².